The molecule has 2 atom stereocenters. The summed E-state index contributed by atoms with van der Waals surface area (Å²) in [4.78, 5) is 4.45. The fourth-order valence-electron chi connectivity index (χ4n) is 2.15. The van der Waals surface area contributed by atoms with Gasteiger partial charge < -0.3 is 5.32 Å². The number of aryl methyl sites for hydroxylation is 1. The minimum Gasteiger partial charge on any atom is -0.374 e. The molecule has 0 spiro atoms. The van der Waals surface area contributed by atoms with E-state index in [0.29, 0.717) is 12.0 Å². The van der Waals surface area contributed by atoms with Crippen LogP contribution in [-0.2, 0) is 0 Å². The third kappa shape index (κ3) is 1.89. The molecule has 0 radical (unpaired) electrons. The Bertz CT molecular complexity index is 382. The molecule has 1 aliphatic rings. The second-order valence-electron chi connectivity index (χ2n) is 4.33. The predicted octanol–water partition coefficient (Wildman–Crippen LogP) is 2.41. The Morgan fingerprint density at radius 2 is 2.20 bits per heavy atom. The van der Waals surface area contributed by atoms with Gasteiger partial charge in [-0.25, -0.2) is 0 Å². The number of hydrogen-bond acceptors (Lipinski definition) is 2. The average molecular weight is 202 g/mol. The van der Waals surface area contributed by atoms with Gasteiger partial charge in [-0.2, -0.15) is 0 Å². The van der Waals surface area contributed by atoms with Crippen LogP contribution in [0.25, 0.3) is 0 Å². The van der Waals surface area contributed by atoms with Crippen LogP contribution in [0.5, 0.6) is 0 Å². The van der Waals surface area contributed by atoms with Gasteiger partial charge in [-0.1, -0.05) is 25.1 Å². The molecule has 15 heavy (non-hydrogen) atoms. The van der Waals surface area contributed by atoms with Crippen molar-refractivity contribution in [2.45, 2.75) is 32.7 Å². The van der Waals surface area contributed by atoms with E-state index in [1.165, 1.54) is 16.7 Å². The Balaban J connectivity index is 2.28. The van der Waals surface area contributed by atoms with E-state index in [0.717, 1.165) is 6.54 Å². The number of nitrogens with one attached hydrogen (secondary N) is 1. The highest BCUT2D eigenvalue weighted by molar-refractivity contribution is 5.57. The number of benzene rings is 1. The monoisotopic (exact) mass is 202 g/mol. The molecule has 2 unspecified atom stereocenters. The van der Waals surface area contributed by atoms with Crippen molar-refractivity contribution in [3.05, 3.63) is 34.9 Å². The fourth-order valence-corrected chi connectivity index (χ4v) is 2.15. The Morgan fingerprint density at radius 3 is 2.87 bits per heavy atom. The summed E-state index contributed by atoms with van der Waals surface area (Å²) >= 11 is 0. The smallest absolute Gasteiger partial charge is 0.0829 e. The van der Waals surface area contributed by atoms with Gasteiger partial charge >= 0.3 is 0 Å². The van der Waals surface area contributed by atoms with Gasteiger partial charge in [-0.05, 0) is 30.5 Å². The first kappa shape index (κ1) is 10.2. The van der Waals surface area contributed by atoms with E-state index < -0.39 is 0 Å². The van der Waals surface area contributed by atoms with Gasteiger partial charge in [0.15, 0.2) is 0 Å². The van der Waals surface area contributed by atoms with Crippen LogP contribution in [0.3, 0.4) is 0 Å². The Kier molecular flexibility index (Phi) is 2.76. The van der Waals surface area contributed by atoms with Crippen molar-refractivity contribution < 1.29 is 0 Å². The summed E-state index contributed by atoms with van der Waals surface area (Å²) in [6, 6.07) is 6.92. The zero-order chi connectivity index (χ0) is 10.8. The molecule has 1 aromatic rings. The number of rotatable bonds is 2. The SMILES string of the molecule is Cc1cccc(C(C)C2CNC=N2)c1C. The van der Waals surface area contributed by atoms with Crippen molar-refractivity contribution >= 4 is 6.34 Å². The molecular weight excluding hydrogens is 184 g/mol. The van der Waals surface area contributed by atoms with Crippen molar-refractivity contribution in [3.8, 4) is 0 Å². The van der Waals surface area contributed by atoms with E-state index in [1.807, 2.05) is 6.34 Å². The van der Waals surface area contributed by atoms with Crippen LogP contribution in [0.1, 0.15) is 29.5 Å². The second kappa shape index (κ2) is 4.05. The zero-order valence-corrected chi connectivity index (χ0v) is 9.62. The molecule has 2 heteroatoms. The number of nitrogens with zero attached hydrogens (tertiary/aromatic N) is 1. The highest BCUT2D eigenvalue weighted by Gasteiger charge is 2.21. The van der Waals surface area contributed by atoms with E-state index in [1.54, 1.807) is 0 Å². The summed E-state index contributed by atoms with van der Waals surface area (Å²) in [5.41, 5.74) is 4.21. The van der Waals surface area contributed by atoms with Crippen LogP contribution >= 0.6 is 0 Å². The summed E-state index contributed by atoms with van der Waals surface area (Å²) in [5.74, 6) is 0.496. The molecule has 0 amide bonds. The molecule has 0 saturated carbocycles. The molecule has 1 N–H and O–H groups in total. The van der Waals surface area contributed by atoms with Gasteiger partial charge in [0.05, 0.1) is 12.4 Å². The first-order chi connectivity index (χ1) is 7.20. The molecule has 0 aliphatic carbocycles. The lowest BCUT2D eigenvalue weighted by Crippen LogP contribution is -2.21. The third-order valence-corrected chi connectivity index (χ3v) is 3.40. The molecule has 0 aromatic heterocycles. The van der Waals surface area contributed by atoms with Crippen molar-refractivity contribution in [1.29, 1.82) is 0 Å². The van der Waals surface area contributed by atoms with Crippen LogP contribution < -0.4 is 5.32 Å². The minimum atomic E-state index is 0.394. The van der Waals surface area contributed by atoms with Crippen molar-refractivity contribution in [2.24, 2.45) is 4.99 Å². The molecule has 2 nitrogen and oxygen atoms in total. The molecule has 2 rings (SSSR count). The predicted molar refractivity (Wildman–Crippen MR) is 64.6 cm³/mol. The highest BCUT2D eigenvalue weighted by atomic mass is 15.0. The minimum absolute atomic E-state index is 0.394. The van der Waals surface area contributed by atoms with Crippen LogP contribution in [-0.4, -0.2) is 18.9 Å². The maximum absolute atomic E-state index is 4.45. The van der Waals surface area contributed by atoms with E-state index in [4.69, 9.17) is 0 Å². The van der Waals surface area contributed by atoms with Gasteiger partial charge in [0.1, 0.15) is 0 Å². The maximum atomic E-state index is 4.45. The first-order valence-electron chi connectivity index (χ1n) is 5.51. The largest absolute Gasteiger partial charge is 0.374 e. The molecule has 1 aromatic carbocycles. The van der Waals surface area contributed by atoms with Gasteiger partial charge in [0, 0.05) is 12.5 Å². The van der Waals surface area contributed by atoms with Crippen LogP contribution in [0.4, 0.5) is 0 Å². The lowest BCUT2D eigenvalue weighted by molar-refractivity contribution is 0.585. The normalized spacial score (nSPS) is 21.4. The fraction of sp³-hybridized carbons (Fsp3) is 0.462. The molecule has 80 valence electrons. The first-order valence-corrected chi connectivity index (χ1v) is 5.51. The summed E-state index contributed by atoms with van der Waals surface area (Å²) < 4.78 is 0. The molecule has 0 saturated heterocycles. The van der Waals surface area contributed by atoms with Gasteiger partial charge in [-0.3, -0.25) is 4.99 Å². The van der Waals surface area contributed by atoms with E-state index in [2.05, 4.69) is 49.3 Å². The molecular formula is C13H18N2. The van der Waals surface area contributed by atoms with E-state index in [-0.39, 0.29) is 0 Å². The number of hydrogen-bond donors (Lipinski definition) is 1. The van der Waals surface area contributed by atoms with E-state index >= 15 is 0 Å². The van der Waals surface area contributed by atoms with Crippen molar-refractivity contribution in [3.63, 3.8) is 0 Å². The van der Waals surface area contributed by atoms with Crippen LogP contribution in [0.15, 0.2) is 23.2 Å². The topological polar surface area (TPSA) is 24.4 Å². The van der Waals surface area contributed by atoms with Crippen molar-refractivity contribution in [2.75, 3.05) is 6.54 Å². The maximum Gasteiger partial charge on any atom is 0.0829 e. The molecule has 0 fully saturated rings. The van der Waals surface area contributed by atoms with Gasteiger partial charge in [0.25, 0.3) is 0 Å². The summed E-state index contributed by atoms with van der Waals surface area (Å²) in [5, 5.41) is 3.17. The Labute approximate surface area is 91.4 Å². The summed E-state index contributed by atoms with van der Waals surface area (Å²) in [7, 11) is 0. The lowest BCUT2D eigenvalue weighted by atomic mass is 9.89. The molecule has 0 bridgehead atoms. The van der Waals surface area contributed by atoms with E-state index in [9.17, 15) is 0 Å². The Hall–Kier alpha value is -1.31. The van der Waals surface area contributed by atoms with Crippen LogP contribution in [0, 0.1) is 13.8 Å². The summed E-state index contributed by atoms with van der Waals surface area (Å²) in [6.45, 7) is 7.60. The van der Waals surface area contributed by atoms with Crippen LogP contribution in [0.2, 0.25) is 0 Å². The van der Waals surface area contributed by atoms with Crippen molar-refractivity contribution in [1.82, 2.24) is 5.32 Å². The molecule has 1 heterocycles. The second-order valence-corrected chi connectivity index (χ2v) is 4.33. The Morgan fingerprint density at radius 1 is 1.40 bits per heavy atom. The third-order valence-electron chi connectivity index (χ3n) is 3.40. The standard InChI is InChI=1S/C13H18N2/c1-9-5-4-6-12(10(9)2)11(3)13-7-14-8-15-13/h4-6,8,11,13H,7H2,1-3H3,(H,14,15). The average Bonchev–Trinajstić information content (AvgIpc) is 2.74. The summed E-state index contributed by atoms with van der Waals surface area (Å²) in [6.07, 6.45) is 1.83. The lowest BCUT2D eigenvalue weighted by Gasteiger charge is -2.19. The highest BCUT2D eigenvalue weighted by Crippen LogP contribution is 2.26. The van der Waals surface area contributed by atoms with Gasteiger partial charge in [-0.15, -0.1) is 0 Å². The van der Waals surface area contributed by atoms with Gasteiger partial charge in [0.2, 0.25) is 0 Å². The number of aliphatic imine (C=N–C) groups is 1. The zero-order valence-electron chi connectivity index (χ0n) is 9.62. The molecule has 1 aliphatic heterocycles. The quantitative estimate of drug-likeness (QED) is 0.782.